The lowest BCUT2D eigenvalue weighted by atomic mass is 9.92. The predicted molar refractivity (Wildman–Crippen MR) is 179 cm³/mol. The average Bonchev–Trinajstić information content (AvgIpc) is 3.19. The smallest absolute Gasteiger partial charge is 0.408 e. The summed E-state index contributed by atoms with van der Waals surface area (Å²) in [5, 5.41) is 4.76. The SMILES string of the molecule is CCN(CC1=C(c2ccc(Cl)cc2)S(=O)(=O)NC1(C)C)C(=O)[C@@H](COCc1ccccc1)NC(=O)C(CF)(CF)NC(=O)OC(C)(C)C. The first-order valence-electron chi connectivity index (χ1n) is 15.3. The molecule has 0 aromatic heterocycles. The van der Waals surface area contributed by atoms with Crippen LogP contribution in [-0.4, -0.2) is 87.0 Å². The molecular formula is C33H43ClF2N4O7S. The molecule has 0 radical (unpaired) electrons. The Bertz CT molecular complexity index is 1590. The third kappa shape index (κ3) is 9.74. The lowest BCUT2D eigenvalue weighted by Crippen LogP contribution is -2.65. The molecule has 48 heavy (non-hydrogen) atoms. The lowest BCUT2D eigenvalue weighted by molar-refractivity contribution is -0.140. The Labute approximate surface area is 285 Å². The molecular weight excluding hydrogens is 670 g/mol. The molecule has 3 amide bonds. The fraction of sp³-hybridized carbons (Fsp3) is 0.485. The number of nitrogens with zero attached hydrogens (tertiary/aromatic N) is 1. The molecule has 2 aromatic carbocycles. The van der Waals surface area contributed by atoms with E-state index in [-0.39, 0.29) is 24.6 Å². The largest absolute Gasteiger partial charge is 0.444 e. The van der Waals surface area contributed by atoms with Crippen LogP contribution in [0.15, 0.2) is 60.2 Å². The standard InChI is InChI=1S/C33H43ClF2N4O7S/c1-7-40(17-25-27(23-13-15-24(34)16-14-23)48(44,45)39-32(25,5)6)28(41)26(19-46-18-22-11-9-8-10-12-22)37-29(42)33(20-35,21-36)38-30(43)47-31(2,3)4/h8-16,26,39H,7,17-21H2,1-6H3,(H,37,42)(H,38,43)/t26-/m1/s1. The van der Waals surface area contributed by atoms with Crippen LogP contribution in [0.4, 0.5) is 13.6 Å². The normalized spacial score (nSPS) is 16.3. The molecule has 1 atom stereocenters. The Morgan fingerprint density at radius 2 is 1.62 bits per heavy atom. The van der Waals surface area contributed by atoms with E-state index in [9.17, 15) is 31.6 Å². The molecule has 1 heterocycles. The fourth-order valence-electron chi connectivity index (χ4n) is 4.97. The van der Waals surface area contributed by atoms with Crippen molar-refractivity contribution < 1.29 is 41.1 Å². The minimum atomic E-state index is -4.01. The molecule has 3 rings (SSSR count). The number of ether oxygens (including phenoxy) is 2. The molecule has 0 saturated carbocycles. The average molecular weight is 713 g/mol. The molecule has 0 saturated heterocycles. The van der Waals surface area contributed by atoms with Crippen molar-refractivity contribution in [2.45, 2.75) is 70.9 Å². The first-order valence-corrected chi connectivity index (χ1v) is 17.1. The van der Waals surface area contributed by atoms with Crippen LogP contribution in [0.3, 0.4) is 0 Å². The van der Waals surface area contributed by atoms with Gasteiger partial charge in [0.2, 0.25) is 15.9 Å². The van der Waals surface area contributed by atoms with E-state index in [1.165, 1.54) is 25.7 Å². The first kappa shape index (κ1) is 38.9. The van der Waals surface area contributed by atoms with Crippen LogP contribution in [0.1, 0.15) is 52.7 Å². The van der Waals surface area contributed by atoms with Crippen LogP contribution in [0.5, 0.6) is 0 Å². The molecule has 11 nitrogen and oxygen atoms in total. The van der Waals surface area contributed by atoms with Gasteiger partial charge in [0.25, 0.3) is 5.91 Å². The number of alkyl halides is 2. The second-order valence-electron chi connectivity index (χ2n) is 12.9. The highest BCUT2D eigenvalue weighted by Gasteiger charge is 2.46. The Morgan fingerprint density at radius 3 is 2.17 bits per heavy atom. The Kier molecular flexibility index (Phi) is 12.7. The number of carbonyl (C=O) groups excluding carboxylic acids is 3. The summed E-state index contributed by atoms with van der Waals surface area (Å²) in [7, 11) is -4.01. The number of benzene rings is 2. The zero-order valence-electron chi connectivity index (χ0n) is 27.9. The number of alkyl carbamates (subject to hydrolysis) is 1. The number of hydrogen-bond donors (Lipinski definition) is 3. The van der Waals surface area contributed by atoms with E-state index in [0.717, 1.165) is 5.56 Å². The third-order valence-electron chi connectivity index (χ3n) is 7.47. The van der Waals surface area contributed by atoms with Gasteiger partial charge in [-0.05, 0) is 70.4 Å². The van der Waals surface area contributed by atoms with Crippen molar-refractivity contribution in [2.75, 3.05) is 33.0 Å². The molecule has 0 bridgehead atoms. The maximum Gasteiger partial charge on any atom is 0.408 e. The zero-order valence-corrected chi connectivity index (χ0v) is 29.4. The topological polar surface area (TPSA) is 143 Å². The predicted octanol–water partition coefficient (Wildman–Crippen LogP) is 4.52. The molecule has 3 N–H and O–H groups in total. The fourth-order valence-corrected chi connectivity index (χ4v) is 7.08. The van der Waals surface area contributed by atoms with Crippen molar-refractivity contribution >= 4 is 44.4 Å². The van der Waals surface area contributed by atoms with Crippen molar-refractivity contribution in [3.63, 3.8) is 0 Å². The molecule has 264 valence electrons. The van der Waals surface area contributed by atoms with Gasteiger partial charge in [-0.15, -0.1) is 0 Å². The lowest BCUT2D eigenvalue weighted by Gasteiger charge is -2.33. The molecule has 2 aromatic rings. The van der Waals surface area contributed by atoms with E-state index in [1.54, 1.807) is 69.3 Å². The number of likely N-dealkylation sites (N-methyl/N-ethyl adjacent to an activating group) is 1. The van der Waals surface area contributed by atoms with E-state index in [1.807, 2.05) is 11.4 Å². The second kappa shape index (κ2) is 15.7. The highest BCUT2D eigenvalue weighted by Crippen LogP contribution is 2.38. The van der Waals surface area contributed by atoms with Gasteiger partial charge in [0, 0.05) is 18.1 Å². The number of amides is 3. The molecule has 1 aliphatic heterocycles. The van der Waals surface area contributed by atoms with E-state index in [2.05, 4.69) is 10.0 Å². The van der Waals surface area contributed by atoms with Crippen molar-refractivity contribution in [1.82, 2.24) is 20.3 Å². The van der Waals surface area contributed by atoms with E-state index in [0.29, 0.717) is 16.2 Å². The summed E-state index contributed by atoms with van der Waals surface area (Å²) < 4.78 is 68.9. The van der Waals surface area contributed by atoms with Crippen LogP contribution in [0, 0.1) is 0 Å². The Balaban J connectivity index is 1.98. The van der Waals surface area contributed by atoms with Gasteiger partial charge in [0.05, 0.1) is 23.7 Å². The molecule has 1 aliphatic rings. The minimum absolute atomic E-state index is 0.0215. The molecule has 15 heteroatoms. The molecule has 0 spiro atoms. The first-order chi connectivity index (χ1) is 22.4. The summed E-state index contributed by atoms with van der Waals surface area (Å²) >= 11 is 6.04. The summed E-state index contributed by atoms with van der Waals surface area (Å²) in [5.41, 5.74) is -3.36. The van der Waals surface area contributed by atoms with Crippen molar-refractivity contribution in [1.29, 1.82) is 0 Å². The summed E-state index contributed by atoms with van der Waals surface area (Å²) in [6, 6.07) is 13.7. The number of nitrogens with one attached hydrogen (secondary N) is 3. The molecule has 0 unspecified atom stereocenters. The highest BCUT2D eigenvalue weighted by atomic mass is 35.5. The zero-order chi connectivity index (χ0) is 35.9. The van der Waals surface area contributed by atoms with Crippen LogP contribution in [0.2, 0.25) is 5.02 Å². The van der Waals surface area contributed by atoms with Gasteiger partial charge in [-0.1, -0.05) is 54.1 Å². The minimum Gasteiger partial charge on any atom is -0.444 e. The van der Waals surface area contributed by atoms with Crippen LogP contribution in [-0.2, 0) is 35.7 Å². The van der Waals surface area contributed by atoms with E-state index >= 15 is 0 Å². The Hall–Kier alpha value is -3.59. The Morgan fingerprint density at radius 1 is 1.02 bits per heavy atom. The van der Waals surface area contributed by atoms with Crippen LogP contribution >= 0.6 is 11.6 Å². The van der Waals surface area contributed by atoms with E-state index < -0.39 is 70.6 Å². The molecule has 0 fully saturated rings. The van der Waals surface area contributed by atoms with E-state index in [4.69, 9.17) is 21.1 Å². The maximum absolute atomic E-state index is 14.4. The monoisotopic (exact) mass is 712 g/mol. The van der Waals surface area contributed by atoms with Gasteiger partial charge < -0.3 is 25.0 Å². The summed E-state index contributed by atoms with van der Waals surface area (Å²) in [5.74, 6) is -2.03. The van der Waals surface area contributed by atoms with Gasteiger partial charge in [0.1, 0.15) is 25.0 Å². The van der Waals surface area contributed by atoms with Gasteiger partial charge in [-0.3, -0.25) is 9.59 Å². The van der Waals surface area contributed by atoms with Gasteiger partial charge >= 0.3 is 6.09 Å². The van der Waals surface area contributed by atoms with Gasteiger partial charge in [-0.25, -0.2) is 26.7 Å². The van der Waals surface area contributed by atoms with Gasteiger partial charge in [0.15, 0.2) is 5.54 Å². The third-order valence-corrected chi connectivity index (χ3v) is 9.52. The molecule has 0 aliphatic carbocycles. The van der Waals surface area contributed by atoms with Crippen molar-refractivity contribution in [3.05, 3.63) is 76.3 Å². The maximum atomic E-state index is 14.4. The number of halogens is 3. The number of sulfonamides is 1. The van der Waals surface area contributed by atoms with Crippen molar-refractivity contribution in [3.8, 4) is 0 Å². The van der Waals surface area contributed by atoms with Crippen LogP contribution in [0.25, 0.3) is 4.91 Å². The van der Waals surface area contributed by atoms with Gasteiger partial charge in [-0.2, -0.15) is 0 Å². The number of carbonyl (C=O) groups is 3. The quantitative estimate of drug-likeness (QED) is 0.262. The van der Waals surface area contributed by atoms with Crippen molar-refractivity contribution in [2.24, 2.45) is 0 Å². The number of rotatable bonds is 14. The second-order valence-corrected chi connectivity index (χ2v) is 15.0. The summed E-state index contributed by atoms with van der Waals surface area (Å²) in [6.45, 7) is 5.79. The summed E-state index contributed by atoms with van der Waals surface area (Å²) in [4.78, 5) is 41.4. The van der Waals surface area contributed by atoms with Crippen LogP contribution < -0.4 is 15.4 Å². The number of hydrogen-bond acceptors (Lipinski definition) is 7. The highest BCUT2D eigenvalue weighted by molar-refractivity contribution is 7.99. The summed E-state index contributed by atoms with van der Waals surface area (Å²) in [6.07, 6.45) is -1.23.